The number of aromatic nitrogens is 5. The summed E-state index contributed by atoms with van der Waals surface area (Å²) in [6, 6.07) is 7.44. The third-order valence-electron chi connectivity index (χ3n) is 7.24. The maximum atomic E-state index is 12.7. The number of hydrogen-bond acceptors (Lipinski definition) is 9. The van der Waals surface area contributed by atoms with Crippen molar-refractivity contribution in [3.63, 3.8) is 0 Å². The molecule has 1 atom stereocenters. The number of anilines is 1. The number of nitrogens with zero attached hydrogens (tertiary/aromatic N) is 6. The van der Waals surface area contributed by atoms with E-state index in [4.69, 9.17) is 19.6 Å². The van der Waals surface area contributed by atoms with Gasteiger partial charge in [-0.05, 0) is 64.3 Å². The Bertz CT molecular complexity index is 1560. The molecule has 0 unspecified atom stereocenters. The molecule has 1 fully saturated rings. The van der Waals surface area contributed by atoms with Crippen LogP contribution in [0.5, 0.6) is 0 Å². The monoisotopic (exact) mass is 621 g/mol. The standard InChI is InChI=1S/C31H43N7O3SSi/c1-21-18-33-29(34-23-9-8-13-37(19-23)30(39)41-31(2,3)4)35-26(21)27-24-11-10-22(28-32-12-15-42-28)17-25(24)38(36-27)20-40-14-16-43(5,6)7/h10-12,15,17-18,23H,8-9,13-14,16,19-20H2,1-7H3,(H,33,34,35)/t23-/m0/s1. The Morgan fingerprint density at radius 2 is 2.00 bits per heavy atom. The molecule has 0 bridgehead atoms. The van der Waals surface area contributed by atoms with E-state index in [0.29, 0.717) is 32.4 Å². The van der Waals surface area contributed by atoms with Gasteiger partial charge in [-0.2, -0.15) is 5.10 Å². The number of aryl methyl sites for hydroxylation is 1. The van der Waals surface area contributed by atoms with Crippen molar-refractivity contribution in [2.75, 3.05) is 25.0 Å². The summed E-state index contributed by atoms with van der Waals surface area (Å²) in [7, 11) is -1.21. The first-order valence-electron chi connectivity index (χ1n) is 14.9. The average molecular weight is 622 g/mol. The molecule has 1 N–H and O–H groups in total. The highest BCUT2D eigenvalue weighted by Crippen LogP contribution is 2.33. The van der Waals surface area contributed by atoms with Gasteiger partial charge in [0.15, 0.2) is 0 Å². The van der Waals surface area contributed by atoms with E-state index in [1.807, 2.05) is 50.2 Å². The van der Waals surface area contributed by atoms with Crippen molar-refractivity contribution in [2.24, 2.45) is 0 Å². The van der Waals surface area contributed by atoms with Gasteiger partial charge >= 0.3 is 6.09 Å². The van der Waals surface area contributed by atoms with E-state index in [1.165, 1.54) is 0 Å². The molecule has 5 rings (SSSR count). The van der Waals surface area contributed by atoms with Gasteiger partial charge in [0.1, 0.15) is 23.0 Å². The van der Waals surface area contributed by atoms with E-state index in [1.54, 1.807) is 16.2 Å². The molecule has 0 spiro atoms. The summed E-state index contributed by atoms with van der Waals surface area (Å²) in [4.78, 5) is 28.5. The Morgan fingerprint density at radius 1 is 1.19 bits per heavy atom. The van der Waals surface area contributed by atoms with Crippen LogP contribution in [-0.4, -0.2) is 75.1 Å². The molecule has 0 aliphatic carbocycles. The zero-order valence-electron chi connectivity index (χ0n) is 26.3. The molecule has 0 saturated carbocycles. The Morgan fingerprint density at radius 3 is 2.72 bits per heavy atom. The largest absolute Gasteiger partial charge is 0.444 e. The fourth-order valence-corrected chi connectivity index (χ4v) is 6.39. The Kier molecular flexibility index (Phi) is 9.19. The van der Waals surface area contributed by atoms with Crippen molar-refractivity contribution in [1.29, 1.82) is 0 Å². The Balaban J connectivity index is 1.41. The number of thiazole rings is 1. The van der Waals surface area contributed by atoms with Crippen LogP contribution in [0.4, 0.5) is 10.7 Å². The molecule has 4 heterocycles. The summed E-state index contributed by atoms with van der Waals surface area (Å²) >= 11 is 1.61. The number of benzene rings is 1. The number of likely N-dealkylation sites (tertiary alicyclic amines) is 1. The number of carbonyl (C=O) groups excluding carboxylic acids is 1. The maximum Gasteiger partial charge on any atom is 0.410 e. The van der Waals surface area contributed by atoms with Crippen LogP contribution in [0.25, 0.3) is 32.9 Å². The van der Waals surface area contributed by atoms with E-state index < -0.39 is 13.7 Å². The first-order chi connectivity index (χ1) is 20.4. The zero-order valence-corrected chi connectivity index (χ0v) is 28.1. The highest BCUT2D eigenvalue weighted by Gasteiger charge is 2.28. The smallest absolute Gasteiger partial charge is 0.410 e. The predicted molar refractivity (Wildman–Crippen MR) is 175 cm³/mol. The molecule has 230 valence electrons. The number of nitrogens with one attached hydrogen (secondary N) is 1. The van der Waals surface area contributed by atoms with Crippen LogP contribution in [0.3, 0.4) is 0 Å². The summed E-state index contributed by atoms with van der Waals surface area (Å²) in [6.07, 6.45) is 5.16. The number of ether oxygens (including phenoxy) is 2. The molecular formula is C31H43N7O3SSi. The molecule has 1 amide bonds. The van der Waals surface area contributed by atoms with Gasteiger partial charge < -0.3 is 19.7 Å². The van der Waals surface area contributed by atoms with Crippen LogP contribution in [0.15, 0.2) is 36.0 Å². The summed E-state index contributed by atoms with van der Waals surface area (Å²) < 4.78 is 13.7. The van der Waals surface area contributed by atoms with Crippen LogP contribution in [0, 0.1) is 6.92 Å². The number of hydrogen-bond donors (Lipinski definition) is 1. The molecule has 10 nitrogen and oxygen atoms in total. The molecule has 0 radical (unpaired) electrons. The van der Waals surface area contributed by atoms with Gasteiger partial charge in [0.25, 0.3) is 0 Å². The van der Waals surface area contributed by atoms with Crippen molar-refractivity contribution in [3.8, 4) is 22.0 Å². The van der Waals surface area contributed by atoms with Gasteiger partial charge in [-0.1, -0.05) is 25.7 Å². The number of carbonyl (C=O) groups is 1. The first-order valence-corrected chi connectivity index (χ1v) is 19.5. The topological polar surface area (TPSA) is 107 Å². The molecular weight excluding hydrogens is 579 g/mol. The normalized spacial score (nSPS) is 16.1. The minimum Gasteiger partial charge on any atom is -0.444 e. The van der Waals surface area contributed by atoms with E-state index in [-0.39, 0.29) is 12.1 Å². The van der Waals surface area contributed by atoms with Crippen LogP contribution in [0.2, 0.25) is 25.7 Å². The molecule has 12 heteroatoms. The molecule has 1 aliphatic rings. The predicted octanol–water partition coefficient (Wildman–Crippen LogP) is 7.05. The molecule has 3 aromatic heterocycles. The van der Waals surface area contributed by atoms with E-state index >= 15 is 0 Å². The SMILES string of the molecule is Cc1cnc(N[C@H]2CCCN(C(=O)OC(C)(C)C)C2)nc1-c1nn(COCC[Si](C)(C)C)c2cc(-c3nccs3)ccc12. The number of fused-ring (bicyclic) bond motifs is 1. The quantitative estimate of drug-likeness (QED) is 0.157. The summed E-state index contributed by atoms with van der Waals surface area (Å²) in [6.45, 7) is 17.0. The fourth-order valence-electron chi connectivity index (χ4n) is 5.00. The van der Waals surface area contributed by atoms with Crippen molar-refractivity contribution in [1.82, 2.24) is 29.6 Å². The van der Waals surface area contributed by atoms with E-state index in [0.717, 1.165) is 57.3 Å². The second kappa shape index (κ2) is 12.7. The lowest BCUT2D eigenvalue weighted by Gasteiger charge is -2.34. The summed E-state index contributed by atoms with van der Waals surface area (Å²) in [5, 5.41) is 12.5. The lowest BCUT2D eigenvalue weighted by Crippen LogP contribution is -2.47. The number of rotatable bonds is 9. The number of piperidine rings is 1. The first kappa shape index (κ1) is 31.1. The van der Waals surface area contributed by atoms with Gasteiger partial charge in [-0.25, -0.2) is 24.4 Å². The summed E-state index contributed by atoms with van der Waals surface area (Å²) in [5.74, 6) is 0.519. The highest BCUT2D eigenvalue weighted by atomic mass is 32.1. The number of amides is 1. The van der Waals surface area contributed by atoms with Crippen LogP contribution < -0.4 is 5.32 Å². The third kappa shape index (κ3) is 7.98. The maximum absolute atomic E-state index is 12.7. The molecule has 43 heavy (non-hydrogen) atoms. The molecule has 4 aromatic rings. The van der Waals surface area contributed by atoms with Gasteiger partial charge in [0.2, 0.25) is 5.95 Å². The third-order valence-corrected chi connectivity index (χ3v) is 9.77. The van der Waals surface area contributed by atoms with E-state index in [9.17, 15) is 4.79 Å². The van der Waals surface area contributed by atoms with Crippen molar-refractivity contribution in [3.05, 3.63) is 41.5 Å². The van der Waals surface area contributed by atoms with Gasteiger partial charge in [0, 0.05) is 62.5 Å². The zero-order chi connectivity index (χ0) is 30.8. The Labute approximate surface area is 258 Å². The Hall–Kier alpha value is -3.35. The van der Waals surface area contributed by atoms with E-state index in [2.05, 4.69) is 53.1 Å². The lowest BCUT2D eigenvalue weighted by molar-refractivity contribution is 0.0206. The lowest BCUT2D eigenvalue weighted by atomic mass is 10.1. The van der Waals surface area contributed by atoms with Gasteiger partial charge in [-0.15, -0.1) is 11.3 Å². The molecule has 1 aromatic carbocycles. The minimum absolute atomic E-state index is 0.0201. The van der Waals surface area contributed by atoms with Gasteiger partial charge in [0.05, 0.1) is 11.2 Å². The average Bonchev–Trinajstić information content (AvgIpc) is 3.59. The van der Waals surface area contributed by atoms with Crippen LogP contribution in [0.1, 0.15) is 39.2 Å². The van der Waals surface area contributed by atoms with Crippen LogP contribution in [-0.2, 0) is 16.2 Å². The second-order valence-electron chi connectivity index (χ2n) is 13.4. The molecule has 1 saturated heterocycles. The van der Waals surface area contributed by atoms with Crippen molar-refractivity contribution >= 4 is 42.4 Å². The minimum atomic E-state index is -1.21. The van der Waals surface area contributed by atoms with Crippen molar-refractivity contribution < 1.29 is 14.3 Å². The van der Waals surface area contributed by atoms with Crippen LogP contribution >= 0.6 is 11.3 Å². The highest BCUT2D eigenvalue weighted by molar-refractivity contribution is 7.13. The van der Waals surface area contributed by atoms with Gasteiger partial charge in [-0.3, -0.25) is 0 Å². The second-order valence-corrected chi connectivity index (χ2v) is 19.9. The summed E-state index contributed by atoms with van der Waals surface area (Å²) in [5.41, 5.74) is 3.98. The van der Waals surface area contributed by atoms with Crippen molar-refractivity contribution in [2.45, 2.75) is 84.6 Å². The molecule has 1 aliphatic heterocycles. The fraction of sp³-hybridized carbons (Fsp3) is 0.516.